The van der Waals surface area contributed by atoms with E-state index < -0.39 is 0 Å². The first kappa shape index (κ1) is 15.6. The average Bonchev–Trinajstić information content (AvgIpc) is 3.50. The molecular weight excluding hydrogens is 300 g/mol. The summed E-state index contributed by atoms with van der Waals surface area (Å²) in [5, 5.41) is 0. The van der Waals surface area contributed by atoms with Crippen LogP contribution in [0.3, 0.4) is 0 Å². The molecule has 0 radical (unpaired) electrons. The molecule has 0 amide bonds. The van der Waals surface area contributed by atoms with Crippen molar-refractivity contribution in [3.63, 3.8) is 0 Å². The first-order valence-electron chi connectivity index (χ1n) is 8.99. The second-order valence-corrected chi connectivity index (χ2v) is 7.57. The largest absolute Gasteiger partial charge is 0.493 e. The van der Waals surface area contributed by atoms with Crippen molar-refractivity contribution in [3.8, 4) is 22.9 Å². The summed E-state index contributed by atoms with van der Waals surface area (Å²) in [4.78, 5) is 4.65. The SMILES string of the molecule is COc1cc(-c2nccn2C2(C3CC3)CC2)ccc1OCC(C)C. The summed E-state index contributed by atoms with van der Waals surface area (Å²) in [6, 6.07) is 6.16. The van der Waals surface area contributed by atoms with Crippen LogP contribution in [-0.4, -0.2) is 23.3 Å². The molecule has 0 unspecified atom stereocenters. The fraction of sp³-hybridized carbons (Fsp3) is 0.550. The first-order chi connectivity index (χ1) is 11.6. The predicted octanol–water partition coefficient (Wildman–Crippen LogP) is 4.49. The maximum atomic E-state index is 5.87. The van der Waals surface area contributed by atoms with E-state index in [-0.39, 0.29) is 0 Å². The number of aromatic nitrogens is 2. The molecule has 2 aliphatic rings. The van der Waals surface area contributed by atoms with Crippen LogP contribution in [0.1, 0.15) is 39.5 Å². The van der Waals surface area contributed by atoms with Crippen LogP contribution in [0.25, 0.3) is 11.4 Å². The maximum Gasteiger partial charge on any atom is 0.161 e. The Morgan fingerprint density at radius 2 is 2.04 bits per heavy atom. The Labute approximate surface area is 143 Å². The standard InChI is InChI=1S/C20H26N2O2/c1-14(2)13-24-17-7-4-15(12-18(17)23-3)19-21-10-11-22(19)20(8-9-20)16-5-6-16/h4,7,10-12,14,16H,5-6,8-9,13H2,1-3H3. The van der Waals surface area contributed by atoms with Gasteiger partial charge in [-0.1, -0.05) is 13.8 Å². The number of nitrogens with zero attached hydrogens (tertiary/aromatic N) is 2. The van der Waals surface area contributed by atoms with Crippen LogP contribution in [-0.2, 0) is 5.54 Å². The van der Waals surface area contributed by atoms with E-state index in [0.29, 0.717) is 18.1 Å². The van der Waals surface area contributed by atoms with E-state index >= 15 is 0 Å². The molecule has 1 heterocycles. The number of hydrogen-bond donors (Lipinski definition) is 0. The summed E-state index contributed by atoms with van der Waals surface area (Å²) >= 11 is 0. The highest BCUT2D eigenvalue weighted by Gasteiger charge is 2.55. The Morgan fingerprint density at radius 1 is 1.25 bits per heavy atom. The average molecular weight is 326 g/mol. The zero-order valence-electron chi connectivity index (χ0n) is 14.8. The molecule has 1 aromatic heterocycles. The molecular formula is C20H26N2O2. The molecule has 0 atom stereocenters. The molecule has 2 fully saturated rings. The number of rotatable bonds is 7. The lowest BCUT2D eigenvalue weighted by atomic mass is 10.1. The van der Waals surface area contributed by atoms with Gasteiger partial charge in [-0.15, -0.1) is 0 Å². The Morgan fingerprint density at radius 3 is 2.67 bits per heavy atom. The van der Waals surface area contributed by atoms with Crippen molar-refractivity contribution in [3.05, 3.63) is 30.6 Å². The minimum atomic E-state index is 0.339. The van der Waals surface area contributed by atoms with Gasteiger partial charge in [0.15, 0.2) is 11.5 Å². The van der Waals surface area contributed by atoms with Crippen molar-refractivity contribution in [1.29, 1.82) is 0 Å². The summed E-state index contributed by atoms with van der Waals surface area (Å²) in [6.45, 7) is 4.98. The van der Waals surface area contributed by atoms with Crippen molar-refractivity contribution in [1.82, 2.24) is 9.55 Å². The predicted molar refractivity (Wildman–Crippen MR) is 94.5 cm³/mol. The molecule has 0 saturated heterocycles. The molecule has 0 spiro atoms. The van der Waals surface area contributed by atoms with Crippen molar-refractivity contribution in [2.75, 3.05) is 13.7 Å². The van der Waals surface area contributed by atoms with Gasteiger partial charge in [0.2, 0.25) is 0 Å². The minimum Gasteiger partial charge on any atom is -0.493 e. The van der Waals surface area contributed by atoms with Crippen LogP contribution < -0.4 is 9.47 Å². The van der Waals surface area contributed by atoms with Crippen LogP contribution in [0.2, 0.25) is 0 Å². The number of ether oxygens (including phenoxy) is 2. The highest BCUT2D eigenvalue weighted by molar-refractivity contribution is 5.62. The van der Waals surface area contributed by atoms with Gasteiger partial charge < -0.3 is 14.0 Å². The molecule has 2 saturated carbocycles. The van der Waals surface area contributed by atoms with Crippen molar-refractivity contribution < 1.29 is 9.47 Å². The van der Waals surface area contributed by atoms with E-state index in [0.717, 1.165) is 28.8 Å². The van der Waals surface area contributed by atoms with Crippen LogP contribution in [0.4, 0.5) is 0 Å². The Balaban J connectivity index is 1.64. The smallest absolute Gasteiger partial charge is 0.161 e. The third-order valence-corrected chi connectivity index (χ3v) is 5.21. The normalized spacial score (nSPS) is 18.7. The molecule has 0 N–H and O–H groups in total. The van der Waals surface area contributed by atoms with Gasteiger partial charge in [-0.25, -0.2) is 4.98 Å². The number of hydrogen-bond acceptors (Lipinski definition) is 3. The van der Waals surface area contributed by atoms with Gasteiger partial charge in [0.25, 0.3) is 0 Å². The Kier molecular flexibility index (Phi) is 3.78. The molecule has 128 valence electrons. The summed E-state index contributed by atoms with van der Waals surface area (Å²) in [5.41, 5.74) is 1.44. The lowest BCUT2D eigenvalue weighted by molar-refractivity contribution is 0.257. The van der Waals surface area contributed by atoms with Crippen molar-refractivity contribution >= 4 is 0 Å². The lowest BCUT2D eigenvalue weighted by Gasteiger charge is -2.20. The van der Waals surface area contributed by atoms with Crippen molar-refractivity contribution in [2.45, 2.75) is 45.1 Å². The zero-order chi connectivity index (χ0) is 16.7. The molecule has 24 heavy (non-hydrogen) atoms. The summed E-state index contributed by atoms with van der Waals surface area (Å²) < 4.78 is 13.8. The lowest BCUT2D eigenvalue weighted by Crippen LogP contribution is -2.19. The molecule has 4 nitrogen and oxygen atoms in total. The van der Waals surface area contributed by atoms with Gasteiger partial charge in [-0.05, 0) is 55.7 Å². The Bertz CT molecular complexity index is 727. The van der Waals surface area contributed by atoms with Gasteiger partial charge >= 0.3 is 0 Å². The van der Waals surface area contributed by atoms with Crippen molar-refractivity contribution in [2.24, 2.45) is 11.8 Å². The summed E-state index contributed by atoms with van der Waals surface area (Å²) in [5.74, 6) is 3.96. The molecule has 1 aromatic carbocycles. The third-order valence-electron chi connectivity index (χ3n) is 5.21. The van der Waals surface area contributed by atoms with E-state index in [1.54, 1.807) is 7.11 Å². The molecule has 2 aliphatic carbocycles. The quantitative estimate of drug-likeness (QED) is 0.752. The second kappa shape index (κ2) is 5.83. The van der Waals surface area contributed by atoms with E-state index in [1.165, 1.54) is 25.7 Å². The summed E-state index contributed by atoms with van der Waals surface area (Å²) in [7, 11) is 1.69. The van der Waals surface area contributed by atoms with E-state index in [1.807, 2.05) is 12.3 Å². The molecule has 0 bridgehead atoms. The van der Waals surface area contributed by atoms with Crippen LogP contribution >= 0.6 is 0 Å². The first-order valence-corrected chi connectivity index (χ1v) is 8.99. The number of methoxy groups -OCH3 is 1. The minimum absolute atomic E-state index is 0.339. The van der Waals surface area contributed by atoms with Crippen LogP contribution in [0.15, 0.2) is 30.6 Å². The highest BCUT2D eigenvalue weighted by Crippen LogP contribution is 2.60. The van der Waals surface area contributed by atoms with Gasteiger partial charge in [-0.3, -0.25) is 0 Å². The van der Waals surface area contributed by atoms with Gasteiger partial charge in [0, 0.05) is 23.5 Å². The van der Waals surface area contributed by atoms with Gasteiger partial charge in [0.05, 0.1) is 13.7 Å². The highest BCUT2D eigenvalue weighted by atomic mass is 16.5. The molecule has 2 aromatic rings. The van der Waals surface area contributed by atoms with E-state index in [2.05, 4.69) is 41.7 Å². The zero-order valence-corrected chi connectivity index (χ0v) is 14.8. The Hall–Kier alpha value is -1.97. The topological polar surface area (TPSA) is 36.3 Å². The van der Waals surface area contributed by atoms with E-state index in [9.17, 15) is 0 Å². The fourth-order valence-electron chi connectivity index (χ4n) is 3.65. The van der Waals surface area contributed by atoms with Gasteiger partial charge in [0.1, 0.15) is 5.82 Å². The monoisotopic (exact) mass is 326 g/mol. The summed E-state index contributed by atoms with van der Waals surface area (Å²) in [6.07, 6.45) is 9.37. The third kappa shape index (κ3) is 2.68. The molecule has 4 rings (SSSR count). The van der Waals surface area contributed by atoms with Crippen LogP contribution in [0, 0.1) is 11.8 Å². The molecule has 0 aliphatic heterocycles. The second-order valence-electron chi connectivity index (χ2n) is 7.57. The van der Waals surface area contributed by atoms with Gasteiger partial charge in [-0.2, -0.15) is 0 Å². The number of benzene rings is 1. The van der Waals surface area contributed by atoms with Crippen LogP contribution in [0.5, 0.6) is 11.5 Å². The number of imidazole rings is 1. The molecule has 4 heteroatoms. The fourth-order valence-corrected chi connectivity index (χ4v) is 3.65. The maximum absolute atomic E-state index is 5.87. The van der Waals surface area contributed by atoms with E-state index in [4.69, 9.17) is 9.47 Å².